The Morgan fingerprint density at radius 1 is 1.28 bits per heavy atom. The summed E-state index contributed by atoms with van der Waals surface area (Å²) < 4.78 is 5.24. The molecule has 0 bridgehead atoms. The summed E-state index contributed by atoms with van der Waals surface area (Å²) in [6, 6.07) is 9.86. The molecule has 1 rings (SSSR count). The van der Waals surface area contributed by atoms with E-state index < -0.39 is 0 Å². The fourth-order valence-electron chi connectivity index (χ4n) is 1.47. The van der Waals surface area contributed by atoms with Gasteiger partial charge in [0, 0.05) is 0 Å². The molecule has 0 saturated heterocycles. The molecule has 0 aliphatic carbocycles. The first kappa shape index (κ1) is 15.1. The van der Waals surface area contributed by atoms with Crippen LogP contribution in [0.2, 0.25) is 0 Å². The molecule has 1 atom stereocenters. The van der Waals surface area contributed by atoms with Crippen molar-refractivity contribution in [1.29, 1.82) is 0 Å². The summed E-state index contributed by atoms with van der Waals surface area (Å²) in [6.07, 6.45) is 1.48. The monoisotopic (exact) mass is 266 g/mol. The van der Waals surface area contributed by atoms with Crippen LogP contribution in [0.4, 0.5) is 0 Å². The number of esters is 1. The predicted molar refractivity (Wildman–Crippen MR) is 78.0 cm³/mol. The molecule has 1 aromatic carbocycles. The van der Waals surface area contributed by atoms with Gasteiger partial charge in [-0.05, 0) is 23.8 Å². The second-order valence-electron chi connectivity index (χ2n) is 5.68. The molecular formula is C15H22O2S. The van der Waals surface area contributed by atoms with Gasteiger partial charge in [0.15, 0.2) is 0 Å². The third kappa shape index (κ3) is 6.10. The van der Waals surface area contributed by atoms with Crippen molar-refractivity contribution in [1.82, 2.24) is 0 Å². The van der Waals surface area contributed by atoms with Crippen molar-refractivity contribution in [2.75, 3.05) is 6.61 Å². The highest BCUT2D eigenvalue weighted by Crippen LogP contribution is 2.18. The summed E-state index contributed by atoms with van der Waals surface area (Å²) in [7, 11) is 0. The lowest BCUT2D eigenvalue weighted by Gasteiger charge is -2.18. The average Bonchev–Trinajstić information content (AvgIpc) is 2.28. The van der Waals surface area contributed by atoms with Gasteiger partial charge >= 0.3 is 5.97 Å². The molecule has 3 heteroatoms. The highest BCUT2D eigenvalue weighted by Gasteiger charge is 2.17. The number of hydrogen-bond acceptors (Lipinski definition) is 3. The number of carbonyl (C=O) groups is 1. The maximum Gasteiger partial charge on any atom is 0.319 e. The van der Waals surface area contributed by atoms with Crippen LogP contribution in [0, 0.1) is 5.41 Å². The van der Waals surface area contributed by atoms with Gasteiger partial charge in [-0.2, -0.15) is 12.6 Å². The lowest BCUT2D eigenvalue weighted by molar-refractivity contribution is -0.143. The van der Waals surface area contributed by atoms with Gasteiger partial charge in [0.05, 0.1) is 6.61 Å². The van der Waals surface area contributed by atoms with Crippen molar-refractivity contribution in [2.45, 2.75) is 38.9 Å². The molecule has 0 N–H and O–H groups in total. The quantitative estimate of drug-likeness (QED) is 0.652. The number of carbonyl (C=O) groups excluding carboxylic acids is 1. The normalized spacial score (nSPS) is 13.1. The summed E-state index contributed by atoms with van der Waals surface area (Å²) in [5.41, 5.74) is 1.29. The standard InChI is InChI=1S/C15H22O2S/c1-15(2,3)9-10-17-14(16)13(18)11-12-7-5-4-6-8-12/h4-8,13,18H,9-11H2,1-3H3. The molecule has 0 amide bonds. The van der Waals surface area contributed by atoms with Crippen molar-refractivity contribution in [2.24, 2.45) is 5.41 Å². The molecule has 0 aliphatic rings. The molecule has 18 heavy (non-hydrogen) atoms. The van der Waals surface area contributed by atoms with Crippen LogP contribution in [0.5, 0.6) is 0 Å². The average molecular weight is 266 g/mol. The van der Waals surface area contributed by atoms with E-state index in [9.17, 15) is 4.79 Å². The van der Waals surface area contributed by atoms with Crippen LogP contribution in [-0.4, -0.2) is 17.8 Å². The Kier molecular flexibility index (Phi) is 5.73. The third-order valence-electron chi connectivity index (χ3n) is 2.64. The highest BCUT2D eigenvalue weighted by atomic mass is 32.1. The van der Waals surface area contributed by atoms with Gasteiger partial charge < -0.3 is 4.74 Å². The van der Waals surface area contributed by atoms with E-state index in [1.165, 1.54) is 0 Å². The number of ether oxygens (including phenoxy) is 1. The minimum absolute atomic E-state index is 0.186. The summed E-state index contributed by atoms with van der Waals surface area (Å²) in [4.78, 5) is 11.7. The van der Waals surface area contributed by atoms with Crippen molar-refractivity contribution in [3.05, 3.63) is 35.9 Å². The first-order valence-electron chi connectivity index (χ1n) is 6.27. The second-order valence-corrected chi connectivity index (χ2v) is 6.31. The van der Waals surface area contributed by atoms with Crippen LogP contribution < -0.4 is 0 Å². The SMILES string of the molecule is CC(C)(C)CCOC(=O)C(S)Cc1ccccc1. The summed E-state index contributed by atoms with van der Waals surface area (Å²) >= 11 is 4.31. The van der Waals surface area contributed by atoms with E-state index in [1.807, 2.05) is 30.3 Å². The van der Waals surface area contributed by atoms with Crippen molar-refractivity contribution >= 4 is 18.6 Å². The molecule has 0 saturated carbocycles. The zero-order valence-corrected chi connectivity index (χ0v) is 12.2. The first-order valence-corrected chi connectivity index (χ1v) is 6.79. The van der Waals surface area contributed by atoms with Gasteiger partial charge in [0.2, 0.25) is 0 Å². The van der Waals surface area contributed by atoms with Crippen LogP contribution >= 0.6 is 12.6 Å². The van der Waals surface area contributed by atoms with E-state index in [4.69, 9.17) is 4.74 Å². The fourth-order valence-corrected chi connectivity index (χ4v) is 1.76. The van der Waals surface area contributed by atoms with Gasteiger partial charge in [-0.1, -0.05) is 51.1 Å². The van der Waals surface area contributed by atoms with Gasteiger partial charge in [0.25, 0.3) is 0 Å². The van der Waals surface area contributed by atoms with E-state index >= 15 is 0 Å². The van der Waals surface area contributed by atoms with E-state index in [2.05, 4.69) is 33.4 Å². The third-order valence-corrected chi connectivity index (χ3v) is 3.03. The van der Waals surface area contributed by atoms with Crippen LogP contribution in [-0.2, 0) is 16.0 Å². The number of thiol groups is 1. The Bertz CT molecular complexity index is 368. The maximum atomic E-state index is 11.7. The Balaban J connectivity index is 2.34. The Morgan fingerprint density at radius 3 is 2.44 bits per heavy atom. The zero-order valence-electron chi connectivity index (χ0n) is 11.3. The van der Waals surface area contributed by atoms with Crippen LogP contribution in [0.1, 0.15) is 32.8 Å². The lowest BCUT2D eigenvalue weighted by Crippen LogP contribution is -2.22. The molecule has 0 radical (unpaired) electrons. The minimum Gasteiger partial charge on any atom is -0.465 e. The molecule has 0 aromatic heterocycles. The summed E-state index contributed by atoms with van der Waals surface area (Å²) in [5, 5.41) is -0.382. The fraction of sp³-hybridized carbons (Fsp3) is 0.533. The molecule has 1 unspecified atom stereocenters. The summed E-state index contributed by atoms with van der Waals surface area (Å²) in [5.74, 6) is -0.230. The largest absolute Gasteiger partial charge is 0.465 e. The molecule has 0 heterocycles. The van der Waals surface area contributed by atoms with E-state index in [1.54, 1.807) is 0 Å². The lowest BCUT2D eigenvalue weighted by atomic mass is 9.93. The Hall–Kier alpha value is -0.960. The predicted octanol–water partition coefficient (Wildman–Crippen LogP) is 3.51. The minimum atomic E-state index is -0.382. The molecular weight excluding hydrogens is 244 g/mol. The molecule has 100 valence electrons. The second kappa shape index (κ2) is 6.83. The van der Waals surface area contributed by atoms with Crippen LogP contribution in [0.25, 0.3) is 0 Å². The van der Waals surface area contributed by atoms with Crippen molar-refractivity contribution in [3.8, 4) is 0 Å². The Morgan fingerprint density at radius 2 is 1.89 bits per heavy atom. The molecule has 1 aromatic rings. The van der Waals surface area contributed by atoms with Gasteiger partial charge in [0.1, 0.15) is 5.25 Å². The first-order chi connectivity index (χ1) is 8.38. The number of rotatable bonds is 5. The van der Waals surface area contributed by atoms with Crippen LogP contribution in [0.15, 0.2) is 30.3 Å². The summed E-state index contributed by atoms with van der Waals surface area (Å²) in [6.45, 7) is 6.85. The zero-order chi connectivity index (χ0) is 13.6. The molecule has 0 spiro atoms. The van der Waals surface area contributed by atoms with Gasteiger partial charge in [-0.15, -0.1) is 0 Å². The topological polar surface area (TPSA) is 26.3 Å². The maximum absolute atomic E-state index is 11.7. The molecule has 0 fully saturated rings. The van der Waals surface area contributed by atoms with Crippen molar-refractivity contribution < 1.29 is 9.53 Å². The van der Waals surface area contributed by atoms with Crippen LogP contribution in [0.3, 0.4) is 0 Å². The molecule has 0 aliphatic heterocycles. The number of benzene rings is 1. The van der Waals surface area contributed by atoms with Gasteiger partial charge in [-0.25, -0.2) is 0 Å². The molecule has 2 nitrogen and oxygen atoms in total. The van der Waals surface area contributed by atoms with Gasteiger partial charge in [-0.3, -0.25) is 4.79 Å². The van der Waals surface area contributed by atoms with E-state index in [0.717, 1.165) is 12.0 Å². The van der Waals surface area contributed by atoms with E-state index in [0.29, 0.717) is 13.0 Å². The highest BCUT2D eigenvalue weighted by molar-refractivity contribution is 7.81. The smallest absolute Gasteiger partial charge is 0.319 e. The number of hydrogen-bond donors (Lipinski definition) is 1. The van der Waals surface area contributed by atoms with E-state index in [-0.39, 0.29) is 16.6 Å². The Labute approximate surface area is 115 Å². The van der Waals surface area contributed by atoms with Crippen molar-refractivity contribution in [3.63, 3.8) is 0 Å².